The highest BCUT2D eigenvalue weighted by Gasteiger charge is 2.12. The van der Waals surface area contributed by atoms with Gasteiger partial charge in [0.15, 0.2) is 5.76 Å². The molecule has 6 nitrogen and oxygen atoms in total. The predicted molar refractivity (Wildman–Crippen MR) is 100 cm³/mol. The number of nitrogens with one attached hydrogen (secondary N) is 1. The summed E-state index contributed by atoms with van der Waals surface area (Å²) in [7, 11) is 0. The molecule has 0 radical (unpaired) electrons. The van der Waals surface area contributed by atoms with Gasteiger partial charge < -0.3 is 9.51 Å². The van der Waals surface area contributed by atoms with Crippen LogP contribution in [0.3, 0.4) is 0 Å². The third-order valence-electron chi connectivity index (χ3n) is 4.52. The molecule has 0 atom stereocenters. The molecule has 0 aliphatic rings. The molecule has 1 aromatic carbocycles. The SMILES string of the molecule is CCN(CCc1nc2ccc(F)cc2[nH]1)Cc1cc(-c2ccncc2)no1. The van der Waals surface area contributed by atoms with Crippen molar-refractivity contribution >= 4 is 11.0 Å². The maximum atomic E-state index is 13.3. The first-order valence-corrected chi connectivity index (χ1v) is 8.94. The van der Waals surface area contributed by atoms with Gasteiger partial charge in [0.05, 0.1) is 17.6 Å². The topological polar surface area (TPSA) is 70.8 Å². The Balaban J connectivity index is 1.39. The summed E-state index contributed by atoms with van der Waals surface area (Å²) in [6.45, 7) is 4.46. The lowest BCUT2D eigenvalue weighted by atomic mass is 10.2. The van der Waals surface area contributed by atoms with Crippen LogP contribution in [0.4, 0.5) is 4.39 Å². The second-order valence-corrected chi connectivity index (χ2v) is 6.38. The van der Waals surface area contributed by atoms with Crippen LogP contribution in [0.15, 0.2) is 53.3 Å². The largest absolute Gasteiger partial charge is 0.359 e. The maximum Gasteiger partial charge on any atom is 0.151 e. The summed E-state index contributed by atoms with van der Waals surface area (Å²) in [5.74, 6) is 1.41. The molecule has 0 bridgehead atoms. The van der Waals surface area contributed by atoms with Gasteiger partial charge in [0.1, 0.15) is 17.3 Å². The van der Waals surface area contributed by atoms with Crippen LogP contribution in [-0.2, 0) is 13.0 Å². The van der Waals surface area contributed by atoms with Crippen molar-refractivity contribution in [2.24, 2.45) is 0 Å². The van der Waals surface area contributed by atoms with Gasteiger partial charge in [0.2, 0.25) is 0 Å². The van der Waals surface area contributed by atoms with Crippen molar-refractivity contribution in [3.63, 3.8) is 0 Å². The number of likely N-dealkylation sites (N-methyl/N-ethyl adjacent to an activating group) is 1. The van der Waals surface area contributed by atoms with Crippen LogP contribution < -0.4 is 0 Å². The van der Waals surface area contributed by atoms with Crippen molar-refractivity contribution < 1.29 is 8.91 Å². The van der Waals surface area contributed by atoms with E-state index in [1.807, 2.05) is 18.2 Å². The zero-order chi connectivity index (χ0) is 18.6. The number of hydrogen-bond acceptors (Lipinski definition) is 5. The standard InChI is InChI=1S/C20H20FN5O/c1-2-26(10-7-20-23-17-4-3-15(21)11-19(17)24-20)13-16-12-18(25-27-16)14-5-8-22-9-6-14/h3-6,8-9,11-12H,2,7,10,13H2,1H3,(H,23,24). The summed E-state index contributed by atoms with van der Waals surface area (Å²) in [4.78, 5) is 14.0. The lowest BCUT2D eigenvalue weighted by Gasteiger charge is -2.17. The molecule has 0 aliphatic heterocycles. The van der Waals surface area contributed by atoms with E-state index in [4.69, 9.17) is 4.52 Å². The van der Waals surface area contributed by atoms with E-state index >= 15 is 0 Å². The van der Waals surface area contributed by atoms with Crippen molar-refractivity contribution in [1.29, 1.82) is 0 Å². The van der Waals surface area contributed by atoms with Crippen molar-refractivity contribution in [2.75, 3.05) is 13.1 Å². The predicted octanol–water partition coefficient (Wildman–Crippen LogP) is 3.82. The van der Waals surface area contributed by atoms with Gasteiger partial charge >= 0.3 is 0 Å². The van der Waals surface area contributed by atoms with Crippen molar-refractivity contribution in [3.05, 3.63) is 66.2 Å². The highest BCUT2D eigenvalue weighted by molar-refractivity contribution is 5.74. The van der Waals surface area contributed by atoms with Crippen LogP contribution >= 0.6 is 0 Å². The average molecular weight is 365 g/mol. The fraction of sp³-hybridized carbons (Fsp3) is 0.250. The van der Waals surface area contributed by atoms with Crippen LogP contribution in [0.5, 0.6) is 0 Å². The van der Waals surface area contributed by atoms with Crippen molar-refractivity contribution in [3.8, 4) is 11.3 Å². The Morgan fingerprint density at radius 1 is 1.15 bits per heavy atom. The minimum Gasteiger partial charge on any atom is -0.359 e. The average Bonchev–Trinajstić information content (AvgIpc) is 3.32. The third kappa shape index (κ3) is 4.03. The number of nitrogens with zero attached hydrogens (tertiary/aromatic N) is 4. The van der Waals surface area contributed by atoms with Gasteiger partial charge in [-0.15, -0.1) is 0 Å². The molecule has 4 aromatic rings. The Labute approximate surface area is 156 Å². The second kappa shape index (κ2) is 7.67. The smallest absolute Gasteiger partial charge is 0.151 e. The van der Waals surface area contributed by atoms with E-state index in [-0.39, 0.29) is 5.82 Å². The van der Waals surface area contributed by atoms with Crippen molar-refractivity contribution in [2.45, 2.75) is 19.9 Å². The number of aromatic nitrogens is 4. The van der Waals surface area contributed by atoms with E-state index in [1.54, 1.807) is 18.5 Å². The second-order valence-electron chi connectivity index (χ2n) is 6.38. The van der Waals surface area contributed by atoms with E-state index in [0.29, 0.717) is 6.54 Å². The number of rotatable bonds is 7. The molecule has 7 heteroatoms. The molecule has 27 heavy (non-hydrogen) atoms. The summed E-state index contributed by atoms with van der Waals surface area (Å²) in [5.41, 5.74) is 3.30. The van der Waals surface area contributed by atoms with Gasteiger partial charge in [-0.25, -0.2) is 9.37 Å². The lowest BCUT2D eigenvalue weighted by Crippen LogP contribution is -2.25. The number of fused-ring (bicyclic) bond motifs is 1. The lowest BCUT2D eigenvalue weighted by molar-refractivity contribution is 0.243. The zero-order valence-corrected chi connectivity index (χ0v) is 15.0. The molecular formula is C20H20FN5O. The number of imidazole rings is 1. The van der Waals surface area contributed by atoms with Crippen LogP contribution in [-0.4, -0.2) is 38.1 Å². The fourth-order valence-electron chi connectivity index (χ4n) is 3.03. The zero-order valence-electron chi connectivity index (χ0n) is 15.0. The monoisotopic (exact) mass is 365 g/mol. The first kappa shape index (κ1) is 17.4. The van der Waals surface area contributed by atoms with E-state index in [2.05, 4.69) is 31.9 Å². The van der Waals surface area contributed by atoms with E-state index in [0.717, 1.165) is 53.4 Å². The van der Waals surface area contributed by atoms with E-state index in [1.165, 1.54) is 12.1 Å². The molecular weight excluding hydrogens is 345 g/mol. The highest BCUT2D eigenvalue weighted by atomic mass is 19.1. The van der Waals surface area contributed by atoms with Gasteiger partial charge in [0, 0.05) is 37.0 Å². The molecule has 0 aliphatic carbocycles. The molecule has 0 unspecified atom stereocenters. The van der Waals surface area contributed by atoms with E-state index in [9.17, 15) is 4.39 Å². The molecule has 0 spiro atoms. The summed E-state index contributed by atoms with van der Waals surface area (Å²) in [6.07, 6.45) is 4.22. The Morgan fingerprint density at radius 2 is 2.00 bits per heavy atom. The molecule has 0 amide bonds. The number of hydrogen-bond donors (Lipinski definition) is 1. The van der Waals surface area contributed by atoms with E-state index < -0.39 is 0 Å². The van der Waals surface area contributed by atoms with Crippen LogP contribution in [0.2, 0.25) is 0 Å². The molecule has 0 fully saturated rings. The van der Waals surface area contributed by atoms with Gasteiger partial charge in [-0.3, -0.25) is 9.88 Å². The Hall–Kier alpha value is -3.06. The number of pyridine rings is 1. The maximum absolute atomic E-state index is 13.3. The van der Waals surface area contributed by atoms with Crippen LogP contribution in [0, 0.1) is 5.82 Å². The van der Waals surface area contributed by atoms with Gasteiger partial charge in [-0.2, -0.15) is 0 Å². The quantitative estimate of drug-likeness (QED) is 0.539. The highest BCUT2D eigenvalue weighted by Crippen LogP contribution is 2.19. The van der Waals surface area contributed by atoms with Crippen LogP contribution in [0.1, 0.15) is 18.5 Å². The van der Waals surface area contributed by atoms with Crippen LogP contribution in [0.25, 0.3) is 22.3 Å². The molecule has 3 aromatic heterocycles. The molecule has 4 rings (SSSR count). The first-order chi connectivity index (χ1) is 13.2. The number of H-pyrrole nitrogens is 1. The Morgan fingerprint density at radius 3 is 2.81 bits per heavy atom. The third-order valence-corrected chi connectivity index (χ3v) is 4.52. The van der Waals surface area contributed by atoms with Crippen molar-refractivity contribution in [1.82, 2.24) is 25.0 Å². The van der Waals surface area contributed by atoms with Gasteiger partial charge in [-0.05, 0) is 36.9 Å². The summed E-state index contributed by atoms with van der Waals surface area (Å²) in [6, 6.07) is 10.4. The minimum absolute atomic E-state index is 0.261. The summed E-state index contributed by atoms with van der Waals surface area (Å²) < 4.78 is 18.8. The first-order valence-electron chi connectivity index (χ1n) is 8.94. The Bertz CT molecular complexity index is 1030. The summed E-state index contributed by atoms with van der Waals surface area (Å²) in [5, 5.41) is 4.15. The Kier molecular flexibility index (Phi) is 4.93. The molecule has 3 heterocycles. The normalized spacial score (nSPS) is 11.5. The fourth-order valence-corrected chi connectivity index (χ4v) is 3.03. The number of aromatic amines is 1. The molecule has 0 saturated carbocycles. The summed E-state index contributed by atoms with van der Waals surface area (Å²) >= 11 is 0. The molecule has 1 N–H and O–H groups in total. The number of benzene rings is 1. The number of halogens is 1. The minimum atomic E-state index is -0.261. The van der Waals surface area contributed by atoms with Gasteiger partial charge in [0.25, 0.3) is 0 Å². The van der Waals surface area contributed by atoms with Gasteiger partial charge in [-0.1, -0.05) is 12.1 Å². The molecule has 138 valence electrons. The molecule has 0 saturated heterocycles.